The quantitative estimate of drug-likeness (QED) is 0.330. The first-order chi connectivity index (χ1) is 15.4. The standard InChI is InChI=1S/C25H23ClN4O2.CH4/c1-30(2)19-5-7-20(8-6-19)32-25-22(14-18(26)15-29-25)23(31)10-4-16-3-9-21-17(13-16)11-12-28-24(21)27;/h3,5-9,11-15H,4,10H2,1-2H3,(H2,27,28);1H4. The summed E-state index contributed by atoms with van der Waals surface area (Å²) in [6, 6.07) is 17.0. The number of nitrogen functional groups attached to an aromatic ring is 1. The zero-order valence-electron chi connectivity index (χ0n) is 17.9. The van der Waals surface area contributed by atoms with E-state index >= 15 is 0 Å². The SMILES string of the molecule is C.CN(C)c1ccc(Oc2ncc(Cl)cc2C(=O)CCc2ccc3c(N)nccc3c2)cc1. The second-order valence-electron chi connectivity index (χ2n) is 7.67. The summed E-state index contributed by atoms with van der Waals surface area (Å²) < 4.78 is 5.91. The van der Waals surface area contributed by atoms with Crippen molar-refractivity contribution in [3.05, 3.63) is 83.1 Å². The Labute approximate surface area is 199 Å². The molecule has 2 heterocycles. The number of Topliss-reactive ketones (excluding diaryl/α,β-unsaturated/α-hetero) is 1. The van der Waals surface area contributed by atoms with Gasteiger partial charge >= 0.3 is 0 Å². The number of ketones is 1. The molecular weight excluding hydrogens is 436 g/mol. The number of aryl methyl sites for hydroxylation is 1. The first-order valence-corrected chi connectivity index (χ1v) is 10.6. The fourth-order valence-electron chi connectivity index (χ4n) is 3.43. The van der Waals surface area contributed by atoms with Gasteiger partial charge in [0.15, 0.2) is 5.78 Å². The number of halogens is 1. The number of hydrogen-bond donors (Lipinski definition) is 1. The van der Waals surface area contributed by atoms with Crippen molar-refractivity contribution < 1.29 is 9.53 Å². The number of anilines is 2. The van der Waals surface area contributed by atoms with Crippen LogP contribution in [0.2, 0.25) is 5.02 Å². The van der Waals surface area contributed by atoms with Gasteiger partial charge in [0.05, 0.1) is 10.6 Å². The number of nitrogens with zero attached hydrogens (tertiary/aromatic N) is 3. The molecule has 0 fully saturated rings. The molecule has 0 bridgehead atoms. The van der Waals surface area contributed by atoms with E-state index in [-0.39, 0.29) is 19.1 Å². The molecule has 2 N–H and O–H groups in total. The summed E-state index contributed by atoms with van der Waals surface area (Å²) in [6.07, 6.45) is 4.02. The van der Waals surface area contributed by atoms with Crippen LogP contribution in [0.4, 0.5) is 11.5 Å². The number of carbonyl (C=O) groups is 1. The summed E-state index contributed by atoms with van der Waals surface area (Å²) in [4.78, 5) is 23.4. The van der Waals surface area contributed by atoms with Gasteiger partial charge in [-0.25, -0.2) is 9.97 Å². The second-order valence-corrected chi connectivity index (χ2v) is 8.11. The van der Waals surface area contributed by atoms with Gasteiger partial charge in [0.25, 0.3) is 0 Å². The number of aromatic nitrogens is 2. The smallest absolute Gasteiger partial charge is 0.230 e. The summed E-state index contributed by atoms with van der Waals surface area (Å²) in [5.74, 6) is 1.25. The lowest BCUT2D eigenvalue weighted by molar-refractivity contribution is 0.0980. The minimum atomic E-state index is -0.0887. The highest BCUT2D eigenvalue weighted by Crippen LogP contribution is 2.28. The van der Waals surface area contributed by atoms with Gasteiger partial charge in [0.1, 0.15) is 11.6 Å². The minimum Gasteiger partial charge on any atom is -0.438 e. The molecule has 0 radical (unpaired) electrons. The lowest BCUT2D eigenvalue weighted by Gasteiger charge is -2.14. The first kappa shape index (κ1) is 24.0. The van der Waals surface area contributed by atoms with E-state index in [9.17, 15) is 4.79 Å². The first-order valence-electron chi connectivity index (χ1n) is 10.2. The van der Waals surface area contributed by atoms with Crippen LogP contribution >= 0.6 is 11.6 Å². The minimum absolute atomic E-state index is 0. The highest BCUT2D eigenvalue weighted by Gasteiger charge is 2.16. The van der Waals surface area contributed by atoms with Crippen molar-refractivity contribution in [1.82, 2.24) is 9.97 Å². The number of benzene rings is 2. The van der Waals surface area contributed by atoms with E-state index < -0.39 is 0 Å². The molecule has 0 saturated carbocycles. The van der Waals surface area contributed by atoms with E-state index in [1.807, 2.05) is 67.5 Å². The summed E-state index contributed by atoms with van der Waals surface area (Å²) in [5, 5.41) is 2.28. The second kappa shape index (κ2) is 10.3. The van der Waals surface area contributed by atoms with Crippen LogP contribution in [0.25, 0.3) is 10.8 Å². The Hall–Kier alpha value is -3.64. The number of hydrogen-bond acceptors (Lipinski definition) is 6. The maximum atomic E-state index is 13.0. The van der Waals surface area contributed by atoms with Crippen LogP contribution in [0, 0.1) is 0 Å². The molecule has 0 aliphatic carbocycles. The molecule has 0 unspecified atom stereocenters. The van der Waals surface area contributed by atoms with Gasteiger partial charge in [-0.05, 0) is 53.8 Å². The molecule has 0 spiro atoms. The van der Waals surface area contributed by atoms with Gasteiger partial charge in [0.2, 0.25) is 5.88 Å². The summed E-state index contributed by atoms with van der Waals surface area (Å²) in [7, 11) is 3.93. The molecule has 0 amide bonds. The Bertz CT molecular complexity index is 1270. The fraction of sp³-hybridized carbons (Fsp3) is 0.192. The Morgan fingerprint density at radius 2 is 1.82 bits per heavy atom. The van der Waals surface area contributed by atoms with Crippen LogP contribution < -0.4 is 15.4 Å². The average Bonchev–Trinajstić information content (AvgIpc) is 2.79. The van der Waals surface area contributed by atoms with Crippen molar-refractivity contribution in [3.63, 3.8) is 0 Å². The Morgan fingerprint density at radius 3 is 2.55 bits per heavy atom. The number of nitrogens with two attached hydrogens (primary N) is 1. The molecule has 0 aliphatic rings. The molecule has 2 aromatic heterocycles. The van der Waals surface area contributed by atoms with E-state index in [2.05, 4.69) is 9.97 Å². The van der Waals surface area contributed by atoms with E-state index in [1.54, 1.807) is 12.3 Å². The highest BCUT2D eigenvalue weighted by atomic mass is 35.5. The molecule has 0 saturated heterocycles. The van der Waals surface area contributed by atoms with Gasteiger partial charge in [-0.1, -0.05) is 37.2 Å². The molecule has 2 aromatic carbocycles. The normalized spacial score (nSPS) is 10.5. The third-order valence-corrected chi connectivity index (χ3v) is 5.39. The van der Waals surface area contributed by atoms with Gasteiger partial charge < -0.3 is 15.4 Å². The third kappa shape index (κ3) is 5.59. The molecule has 170 valence electrons. The predicted octanol–water partition coefficient (Wildman–Crippen LogP) is 6.18. The van der Waals surface area contributed by atoms with Gasteiger partial charge in [-0.15, -0.1) is 0 Å². The number of ether oxygens (including phenoxy) is 1. The Balaban J connectivity index is 0.00000306. The zero-order chi connectivity index (χ0) is 22.7. The summed E-state index contributed by atoms with van der Waals surface area (Å²) >= 11 is 6.12. The van der Waals surface area contributed by atoms with Crippen molar-refractivity contribution in [2.45, 2.75) is 20.3 Å². The van der Waals surface area contributed by atoms with Crippen LogP contribution in [0.3, 0.4) is 0 Å². The van der Waals surface area contributed by atoms with Crippen LogP contribution in [0.1, 0.15) is 29.8 Å². The molecule has 7 heteroatoms. The number of rotatable bonds is 7. The van der Waals surface area contributed by atoms with Crippen LogP contribution in [-0.2, 0) is 6.42 Å². The molecule has 0 aliphatic heterocycles. The molecule has 0 atom stereocenters. The van der Waals surface area contributed by atoms with E-state index in [0.717, 1.165) is 22.0 Å². The maximum absolute atomic E-state index is 13.0. The number of carbonyl (C=O) groups excluding carboxylic acids is 1. The summed E-state index contributed by atoms with van der Waals surface area (Å²) in [5.41, 5.74) is 8.37. The van der Waals surface area contributed by atoms with Crippen molar-refractivity contribution in [2.24, 2.45) is 0 Å². The molecule has 33 heavy (non-hydrogen) atoms. The predicted molar refractivity (Wildman–Crippen MR) is 136 cm³/mol. The Kier molecular flexibility index (Phi) is 7.51. The Morgan fingerprint density at radius 1 is 1.06 bits per heavy atom. The van der Waals surface area contributed by atoms with E-state index in [1.165, 1.54) is 6.20 Å². The van der Waals surface area contributed by atoms with Crippen molar-refractivity contribution in [2.75, 3.05) is 24.7 Å². The summed E-state index contributed by atoms with van der Waals surface area (Å²) in [6.45, 7) is 0. The van der Waals surface area contributed by atoms with Crippen LogP contribution in [0.5, 0.6) is 11.6 Å². The van der Waals surface area contributed by atoms with Gasteiger partial charge in [-0.3, -0.25) is 4.79 Å². The number of fused-ring (bicyclic) bond motifs is 1. The highest BCUT2D eigenvalue weighted by molar-refractivity contribution is 6.30. The maximum Gasteiger partial charge on any atom is 0.230 e. The van der Waals surface area contributed by atoms with Crippen molar-refractivity contribution in [3.8, 4) is 11.6 Å². The average molecular weight is 463 g/mol. The lowest BCUT2D eigenvalue weighted by atomic mass is 10.0. The molecular formula is C26H27ClN4O2. The zero-order valence-corrected chi connectivity index (χ0v) is 18.6. The number of pyridine rings is 2. The van der Waals surface area contributed by atoms with Gasteiger partial charge in [-0.2, -0.15) is 0 Å². The topological polar surface area (TPSA) is 81.3 Å². The largest absolute Gasteiger partial charge is 0.438 e. The van der Waals surface area contributed by atoms with Gasteiger partial charge in [0, 0.05) is 44.0 Å². The molecule has 6 nitrogen and oxygen atoms in total. The van der Waals surface area contributed by atoms with E-state index in [4.69, 9.17) is 22.1 Å². The van der Waals surface area contributed by atoms with Crippen LogP contribution in [-0.4, -0.2) is 29.8 Å². The lowest BCUT2D eigenvalue weighted by Crippen LogP contribution is -2.08. The molecule has 4 aromatic rings. The molecule has 4 rings (SSSR count). The fourth-order valence-corrected chi connectivity index (χ4v) is 3.59. The third-order valence-electron chi connectivity index (χ3n) is 5.19. The van der Waals surface area contributed by atoms with Crippen molar-refractivity contribution in [1.29, 1.82) is 0 Å². The van der Waals surface area contributed by atoms with E-state index in [0.29, 0.717) is 35.0 Å². The van der Waals surface area contributed by atoms with Crippen molar-refractivity contribution >= 4 is 39.7 Å². The monoisotopic (exact) mass is 462 g/mol. The van der Waals surface area contributed by atoms with Crippen LogP contribution in [0.15, 0.2) is 67.0 Å².